The highest BCUT2D eigenvalue weighted by Gasteiger charge is 2.29. The lowest BCUT2D eigenvalue weighted by Gasteiger charge is -2.26. The number of nitrogens with one attached hydrogen (secondary N) is 1. The second kappa shape index (κ2) is 7.15. The van der Waals surface area contributed by atoms with Crippen molar-refractivity contribution in [3.05, 3.63) is 0 Å². The fourth-order valence-electron chi connectivity index (χ4n) is 2.44. The fraction of sp³-hybridized carbons (Fsp3) is 1.00. The van der Waals surface area contributed by atoms with Crippen LogP contribution in [0.4, 0.5) is 8.78 Å². The van der Waals surface area contributed by atoms with Gasteiger partial charge in [0.2, 0.25) is 0 Å². The van der Waals surface area contributed by atoms with Crippen molar-refractivity contribution in [2.45, 2.75) is 64.3 Å². The fourth-order valence-corrected chi connectivity index (χ4v) is 2.44. The maximum Gasteiger partial charge on any atom is 0.253 e. The van der Waals surface area contributed by atoms with E-state index in [0.29, 0.717) is 6.54 Å². The molecule has 1 rings (SSSR count). The molecule has 0 aromatic rings. The van der Waals surface area contributed by atoms with Gasteiger partial charge in [-0.15, -0.1) is 0 Å². The van der Waals surface area contributed by atoms with Crippen molar-refractivity contribution in [3.8, 4) is 0 Å². The Hall–Kier alpha value is -0.180. The molecular weight excluding hydrogens is 196 g/mol. The Kier molecular flexibility index (Phi) is 6.15. The largest absolute Gasteiger partial charge is 0.309 e. The summed E-state index contributed by atoms with van der Waals surface area (Å²) in [5.74, 6) is 0.194. The van der Waals surface area contributed by atoms with Crippen molar-refractivity contribution in [2.75, 3.05) is 6.54 Å². The molecule has 0 bridgehead atoms. The van der Waals surface area contributed by atoms with E-state index in [1.54, 1.807) is 0 Å². The molecule has 1 aliphatic rings. The predicted octanol–water partition coefficient (Wildman–Crippen LogP) is 3.59. The number of rotatable bonds is 5. The second-order valence-electron chi connectivity index (χ2n) is 4.57. The molecule has 0 heterocycles. The van der Waals surface area contributed by atoms with Crippen LogP contribution in [0.1, 0.15) is 51.9 Å². The summed E-state index contributed by atoms with van der Waals surface area (Å²) in [6.07, 6.45) is 5.37. The monoisotopic (exact) mass is 219 g/mol. The molecule has 1 saturated carbocycles. The average Bonchev–Trinajstić information content (AvgIpc) is 2.47. The van der Waals surface area contributed by atoms with Crippen LogP contribution >= 0.6 is 0 Å². The van der Waals surface area contributed by atoms with Gasteiger partial charge in [0, 0.05) is 0 Å². The van der Waals surface area contributed by atoms with E-state index in [0.717, 1.165) is 32.1 Å². The molecule has 1 fully saturated rings. The highest BCUT2D eigenvalue weighted by Crippen LogP contribution is 2.28. The summed E-state index contributed by atoms with van der Waals surface area (Å²) < 4.78 is 25.8. The van der Waals surface area contributed by atoms with Gasteiger partial charge in [0.05, 0.1) is 6.04 Å². The quantitative estimate of drug-likeness (QED) is 0.697. The average molecular weight is 219 g/mol. The Morgan fingerprint density at radius 2 is 1.73 bits per heavy atom. The summed E-state index contributed by atoms with van der Waals surface area (Å²) in [4.78, 5) is 0. The van der Waals surface area contributed by atoms with Crippen molar-refractivity contribution >= 4 is 0 Å². The van der Waals surface area contributed by atoms with Gasteiger partial charge in [-0.05, 0) is 31.7 Å². The van der Waals surface area contributed by atoms with Gasteiger partial charge in [0.25, 0.3) is 6.43 Å². The normalized spacial score (nSPS) is 21.6. The molecule has 1 unspecified atom stereocenters. The van der Waals surface area contributed by atoms with Crippen LogP contribution < -0.4 is 5.32 Å². The van der Waals surface area contributed by atoms with Crippen LogP contribution in [0.15, 0.2) is 0 Å². The van der Waals surface area contributed by atoms with E-state index >= 15 is 0 Å². The van der Waals surface area contributed by atoms with Gasteiger partial charge in [-0.3, -0.25) is 0 Å². The lowest BCUT2D eigenvalue weighted by Crippen LogP contribution is -2.42. The first-order valence-electron chi connectivity index (χ1n) is 6.27. The van der Waals surface area contributed by atoms with Crippen LogP contribution in [0.2, 0.25) is 0 Å². The van der Waals surface area contributed by atoms with Gasteiger partial charge < -0.3 is 5.32 Å². The van der Waals surface area contributed by atoms with Gasteiger partial charge in [-0.1, -0.05) is 32.6 Å². The van der Waals surface area contributed by atoms with Gasteiger partial charge >= 0.3 is 0 Å². The standard InChI is InChI=1S/C12H23F2N/c1-2-9-15-11(12(13)14)10-7-5-3-4-6-8-10/h10-12,15H,2-9H2,1H3. The number of halogens is 2. The lowest BCUT2D eigenvalue weighted by atomic mass is 9.92. The van der Waals surface area contributed by atoms with E-state index in [2.05, 4.69) is 5.32 Å². The molecule has 15 heavy (non-hydrogen) atoms. The summed E-state index contributed by atoms with van der Waals surface area (Å²) in [7, 11) is 0. The van der Waals surface area contributed by atoms with E-state index in [1.807, 2.05) is 6.92 Å². The van der Waals surface area contributed by atoms with Crippen molar-refractivity contribution < 1.29 is 8.78 Å². The zero-order valence-corrected chi connectivity index (χ0v) is 9.64. The van der Waals surface area contributed by atoms with Crippen LogP contribution in [-0.2, 0) is 0 Å². The first-order valence-corrected chi connectivity index (χ1v) is 6.27. The highest BCUT2D eigenvalue weighted by molar-refractivity contribution is 4.80. The maximum absolute atomic E-state index is 12.9. The van der Waals surface area contributed by atoms with E-state index in [1.165, 1.54) is 12.8 Å². The second-order valence-corrected chi connectivity index (χ2v) is 4.57. The van der Waals surface area contributed by atoms with Crippen molar-refractivity contribution in [1.82, 2.24) is 5.32 Å². The Labute approximate surface area is 91.6 Å². The maximum atomic E-state index is 12.9. The number of hydrogen-bond acceptors (Lipinski definition) is 1. The minimum Gasteiger partial charge on any atom is -0.309 e. The zero-order valence-electron chi connectivity index (χ0n) is 9.64. The first-order chi connectivity index (χ1) is 7.25. The summed E-state index contributed by atoms with van der Waals surface area (Å²) >= 11 is 0. The zero-order chi connectivity index (χ0) is 11.1. The molecule has 0 spiro atoms. The first kappa shape index (κ1) is 12.9. The predicted molar refractivity (Wildman–Crippen MR) is 59.3 cm³/mol. The Morgan fingerprint density at radius 3 is 2.20 bits per heavy atom. The molecule has 0 aromatic heterocycles. The van der Waals surface area contributed by atoms with Crippen LogP contribution in [0.5, 0.6) is 0 Å². The topological polar surface area (TPSA) is 12.0 Å². The number of hydrogen-bond donors (Lipinski definition) is 1. The molecule has 0 aliphatic heterocycles. The summed E-state index contributed by atoms with van der Waals surface area (Å²) in [5, 5.41) is 3.02. The molecule has 1 nitrogen and oxygen atoms in total. The van der Waals surface area contributed by atoms with Crippen molar-refractivity contribution in [3.63, 3.8) is 0 Å². The Balaban J connectivity index is 2.44. The molecule has 0 aromatic carbocycles. The molecule has 0 saturated heterocycles. The van der Waals surface area contributed by atoms with Gasteiger partial charge in [-0.25, -0.2) is 8.78 Å². The van der Waals surface area contributed by atoms with Crippen molar-refractivity contribution in [2.24, 2.45) is 5.92 Å². The lowest BCUT2D eigenvalue weighted by molar-refractivity contribution is 0.0643. The third-order valence-corrected chi connectivity index (χ3v) is 3.31. The smallest absolute Gasteiger partial charge is 0.253 e. The summed E-state index contributed by atoms with van der Waals surface area (Å²) in [6.45, 7) is 2.73. The van der Waals surface area contributed by atoms with E-state index in [9.17, 15) is 8.78 Å². The molecule has 90 valence electrons. The van der Waals surface area contributed by atoms with Crippen molar-refractivity contribution in [1.29, 1.82) is 0 Å². The Bertz CT molecular complexity index is 154. The van der Waals surface area contributed by atoms with Gasteiger partial charge in [-0.2, -0.15) is 0 Å². The minimum absolute atomic E-state index is 0.194. The summed E-state index contributed by atoms with van der Waals surface area (Å²) in [5.41, 5.74) is 0. The molecule has 1 N–H and O–H groups in total. The van der Waals surface area contributed by atoms with Crippen LogP contribution in [0, 0.1) is 5.92 Å². The van der Waals surface area contributed by atoms with Crippen LogP contribution in [0.25, 0.3) is 0 Å². The SMILES string of the molecule is CCCNC(C(F)F)C1CCCCCC1. The van der Waals surface area contributed by atoms with E-state index in [4.69, 9.17) is 0 Å². The van der Waals surface area contributed by atoms with Gasteiger partial charge in [0.15, 0.2) is 0 Å². The molecule has 3 heteroatoms. The van der Waals surface area contributed by atoms with Crippen LogP contribution in [-0.4, -0.2) is 19.0 Å². The molecule has 1 atom stereocenters. The summed E-state index contributed by atoms with van der Waals surface area (Å²) in [6, 6.07) is -0.567. The van der Waals surface area contributed by atoms with Gasteiger partial charge in [0.1, 0.15) is 0 Å². The molecular formula is C12H23F2N. The third kappa shape index (κ3) is 4.45. The Morgan fingerprint density at radius 1 is 1.13 bits per heavy atom. The van der Waals surface area contributed by atoms with E-state index in [-0.39, 0.29) is 5.92 Å². The molecule has 1 aliphatic carbocycles. The third-order valence-electron chi connectivity index (χ3n) is 3.31. The molecule has 0 amide bonds. The van der Waals surface area contributed by atoms with Crippen LogP contribution in [0.3, 0.4) is 0 Å². The minimum atomic E-state index is -2.21. The molecule has 0 radical (unpaired) electrons. The highest BCUT2D eigenvalue weighted by atomic mass is 19.3. The van der Waals surface area contributed by atoms with E-state index < -0.39 is 12.5 Å². The number of alkyl halides is 2.